The number of pyridine rings is 1. The molecule has 0 saturated carbocycles. The molecule has 4 heteroatoms. The van der Waals surface area contributed by atoms with Gasteiger partial charge in [0.2, 0.25) is 0 Å². The lowest BCUT2D eigenvalue weighted by Crippen LogP contribution is -1.87. The van der Waals surface area contributed by atoms with Gasteiger partial charge >= 0.3 is 0 Å². The normalized spacial score (nSPS) is 10.9. The number of halogens is 3. The van der Waals surface area contributed by atoms with Crippen molar-refractivity contribution in [3.63, 3.8) is 0 Å². The molecule has 1 aromatic carbocycles. The van der Waals surface area contributed by atoms with E-state index in [1.165, 1.54) is 18.2 Å². The molecule has 0 radical (unpaired) electrons. The maximum absolute atomic E-state index is 13.1. The predicted molar refractivity (Wildman–Crippen MR) is 56.5 cm³/mol. The third-order valence-corrected chi connectivity index (χ3v) is 2.49. The molecule has 1 aromatic heterocycles. The van der Waals surface area contributed by atoms with Crippen LogP contribution in [0, 0.1) is 12.7 Å². The molecule has 0 aliphatic rings. The van der Waals surface area contributed by atoms with Crippen LogP contribution in [0.15, 0.2) is 18.2 Å². The number of fused-ring (bicyclic) bond motifs is 1. The van der Waals surface area contributed by atoms with Crippen molar-refractivity contribution in [1.29, 1.82) is 0 Å². The van der Waals surface area contributed by atoms with Crippen molar-refractivity contribution in [2.45, 2.75) is 6.92 Å². The first-order valence-corrected chi connectivity index (χ1v) is 4.75. The number of nitrogens with zero attached hydrogens (tertiary/aromatic N) is 1. The molecule has 0 atom stereocenters. The first-order valence-electron chi connectivity index (χ1n) is 4.00. The molecule has 1 nitrogen and oxygen atoms in total. The molecule has 0 saturated heterocycles. The van der Waals surface area contributed by atoms with E-state index in [0.717, 1.165) is 5.56 Å². The molecule has 0 bridgehead atoms. The van der Waals surface area contributed by atoms with Crippen LogP contribution in [0.4, 0.5) is 4.39 Å². The van der Waals surface area contributed by atoms with Crippen LogP contribution in [0.2, 0.25) is 10.2 Å². The average Bonchev–Trinajstić information content (AvgIpc) is 2.07. The summed E-state index contributed by atoms with van der Waals surface area (Å²) in [6, 6.07) is 4.26. The predicted octanol–water partition coefficient (Wildman–Crippen LogP) is 3.99. The summed E-state index contributed by atoms with van der Waals surface area (Å²) in [5.74, 6) is -0.318. The highest BCUT2D eigenvalue weighted by molar-refractivity contribution is 6.37. The lowest BCUT2D eigenvalue weighted by molar-refractivity contribution is 0.628. The van der Waals surface area contributed by atoms with Crippen LogP contribution in [0.5, 0.6) is 0 Å². The van der Waals surface area contributed by atoms with Crippen molar-refractivity contribution < 1.29 is 4.39 Å². The van der Waals surface area contributed by atoms with Gasteiger partial charge < -0.3 is 0 Å². The quantitative estimate of drug-likeness (QED) is 0.623. The second-order valence-corrected chi connectivity index (χ2v) is 3.84. The van der Waals surface area contributed by atoms with Gasteiger partial charge in [0, 0.05) is 5.39 Å². The van der Waals surface area contributed by atoms with Crippen LogP contribution >= 0.6 is 23.2 Å². The lowest BCUT2D eigenvalue weighted by atomic mass is 10.1. The van der Waals surface area contributed by atoms with Gasteiger partial charge in [0.15, 0.2) is 0 Å². The number of hydrogen-bond acceptors (Lipinski definition) is 1. The Bertz CT molecular complexity index is 464. The van der Waals surface area contributed by atoms with E-state index in [2.05, 4.69) is 4.98 Å². The maximum atomic E-state index is 13.1. The topological polar surface area (TPSA) is 12.9 Å². The van der Waals surface area contributed by atoms with Crippen LogP contribution in [0.25, 0.3) is 10.9 Å². The van der Waals surface area contributed by atoms with Gasteiger partial charge in [0.25, 0.3) is 0 Å². The Morgan fingerprint density at radius 2 is 1.93 bits per heavy atom. The number of hydrogen-bond donors (Lipinski definition) is 0. The Balaban J connectivity index is 2.94. The Morgan fingerprint density at radius 3 is 2.64 bits per heavy atom. The van der Waals surface area contributed by atoms with E-state index in [1.807, 2.05) is 0 Å². The summed E-state index contributed by atoms with van der Waals surface area (Å²) in [7, 11) is 0. The summed E-state index contributed by atoms with van der Waals surface area (Å²) in [5.41, 5.74) is 1.37. The standard InChI is InChI=1S/C10H6Cl2FN/c1-5-2-6(13)3-7-8(11)4-9(12)14-10(5)7/h2-4H,1H3. The summed E-state index contributed by atoms with van der Waals surface area (Å²) in [5, 5.41) is 1.33. The fourth-order valence-corrected chi connectivity index (χ4v) is 1.88. The van der Waals surface area contributed by atoms with Gasteiger partial charge in [-0.1, -0.05) is 23.2 Å². The molecule has 0 N–H and O–H groups in total. The minimum Gasteiger partial charge on any atom is -0.236 e. The average molecular weight is 230 g/mol. The number of benzene rings is 1. The SMILES string of the molecule is Cc1cc(F)cc2c(Cl)cc(Cl)nc12. The number of rotatable bonds is 0. The van der Waals surface area contributed by atoms with Crippen LogP contribution in [-0.4, -0.2) is 4.98 Å². The number of aromatic nitrogens is 1. The van der Waals surface area contributed by atoms with E-state index in [0.29, 0.717) is 21.1 Å². The van der Waals surface area contributed by atoms with E-state index in [9.17, 15) is 4.39 Å². The molecule has 72 valence electrons. The van der Waals surface area contributed by atoms with Crippen molar-refractivity contribution in [1.82, 2.24) is 4.98 Å². The van der Waals surface area contributed by atoms with E-state index < -0.39 is 0 Å². The van der Waals surface area contributed by atoms with Crippen molar-refractivity contribution in [3.8, 4) is 0 Å². The molecule has 0 aliphatic carbocycles. The van der Waals surface area contributed by atoms with Gasteiger partial charge in [-0.05, 0) is 30.7 Å². The zero-order valence-corrected chi connectivity index (χ0v) is 8.83. The highest BCUT2D eigenvalue weighted by Gasteiger charge is 2.07. The zero-order valence-electron chi connectivity index (χ0n) is 7.31. The van der Waals surface area contributed by atoms with Gasteiger partial charge in [-0.25, -0.2) is 9.37 Å². The second kappa shape index (κ2) is 3.37. The fourth-order valence-electron chi connectivity index (χ4n) is 1.39. The Hall–Kier alpha value is -0.860. The molecule has 0 unspecified atom stereocenters. The molecule has 2 aromatic rings. The van der Waals surface area contributed by atoms with Crippen molar-refractivity contribution in [2.75, 3.05) is 0 Å². The second-order valence-electron chi connectivity index (χ2n) is 3.05. The van der Waals surface area contributed by atoms with Gasteiger partial charge in [0.1, 0.15) is 11.0 Å². The first kappa shape index (κ1) is 9.69. The van der Waals surface area contributed by atoms with Crippen LogP contribution < -0.4 is 0 Å². The minimum absolute atomic E-state index is 0.317. The highest BCUT2D eigenvalue weighted by atomic mass is 35.5. The van der Waals surface area contributed by atoms with Gasteiger partial charge in [0.05, 0.1) is 10.5 Å². The molecule has 0 fully saturated rings. The monoisotopic (exact) mass is 229 g/mol. The molecule has 2 rings (SSSR count). The van der Waals surface area contributed by atoms with Crippen molar-refractivity contribution >= 4 is 34.1 Å². The highest BCUT2D eigenvalue weighted by Crippen LogP contribution is 2.27. The molecule has 0 aliphatic heterocycles. The summed E-state index contributed by atoms with van der Waals surface area (Å²) in [6.45, 7) is 1.77. The van der Waals surface area contributed by atoms with E-state index in [4.69, 9.17) is 23.2 Å². The van der Waals surface area contributed by atoms with E-state index >= 15 is 0 Å². The lowest BCUT2D eigenvalue weighted by Gasteiger charge is -2.04. The molecular weight excluding hydrogens is 224 g/mol. The Kier molecular flexibility index (Phi) is 2.33. The largest absolute Gasteiger partial charge is 0.236 e. The molecule has 0 amide bonds. The Morgan fingerprint density at radius 1 is 1.21 bits per heavy atom. The summed E-state index contributed by atoms with van der Waals surface area (Å²) in [4.78, 5) is 4.09. The first-order chi connectivity index (χ1) is 6.58. The molecule has 0 spiro atoms. The van der Waals surface area contributed by atoms with Crippen LogP contribution in [0.1, 0.15) is 5.56 Å². The van der Waals surface area contributed by atoms with Gasteiger partial charge in [-0.15, -0.1) is 0 Å². The van der Waals surface area contributed by atoms with Gasteiger partial charge in [-0.3, -0.25) is 0 Å². The third kappa shape index (κ3) is 1.56. The fraction of sp³-hybridized carbons (Fsp3) is 0.100. The molecular formula is C10H6Cl2FN. The zero-order chi connectivity index (χ0) is 10.3. The maximum Gasteiger partial charge on any atom is 0.131 e. The summed E-state index contributed by atoms with van der Waals surface area (Å²) in [6.07, 6.45) is 0. The van der Waals surface area contributed by atoms with Gasteiger partial charge in [-0.2, -0.15) is 0 Å². The molecule has 1 heterocycles. The Labute approximate surface area is 90.5 Å². The smallest absolute Gasteiger partial charge is 0.131 e. The van der Waals surface area contributed by atoms with Crippen LogP contribution in [-0.2, 0) is 0 Å². The van der Waals surface area contributed by atoms with Crippen molar-refractivity contribution in [2.24, 2.45) is 0 Å². The van der Waals surface area contributed by atoms with Crippen molar-refractivity contribution in [3.05, 3.63) is 39.8 Å². The van der Waals surface area contributed by atoms with E-state index in [1.54, 1.807) is 6.92 Å². The summed E-state index contributed by atoms with van der Waals surface area (Å²) >= 11 is 11.7. The third-order valence-electron chi connectivity index (χ3n) is 1.99. The number of aryl methyl sites for hydroxylation is 1. The molecule has 14 heavy (non-hydrogen) atoms. The van der Waals surface area contributed by atoms with E-state index in [-0.39, 0.29) is 5.82 Å². The summed E-state index contributed by atoms with van der Waals surface area (Å²) < 4.78 is 13.1. The van der Waals surface area contributed by atoms with Crippen LogP contribution in [0.3, 0.4) is 0 Å². The minimum atomic E-state index is -0.318.